The van der Waals surface area contributed by atoms with Crippen molar-refractivity contribution >= 4 is 17.7 Å². The molecule has 21 heavy (non-hydrogen) atoms. The van der Waals surface area contributed by atoms with E-state index in [1.165, 1.54) is 6.20 Å². The molecular weight excluding hydrogens is 270 g/mol. The molecule has 2 heterocycles. The number of rotatable bonds is 3. The van der Waals surface area contributed by atoms with Crippen molar-refractivity contribution in [2.45, 2.75) is 26.7 Å². The van der Waals surface area contributed by atoms with Gasteiger partial charge in [-0.1, -0.05) is 13.8 Å². The predicted octanol–water partition coefficient (Wildman–Crippen LogP) is 2.22. The summed E-state index contributed by atoms with van der Waals surface area (Å²) in [4.78, 5) is 28.6. The van der Waals surface area contributed by atoms with Gasteiger partial charge in [0, 0.05) is 13.1 Å². The zero-order chi connectivity index (χ0) is 15.4. The average Bonchev–Trinajstić information content (AvgIpc) is 2.43. The standard InChI is InChI=1S/C15H21N3O3/c1-10-5-6-18(9-11(10)2)15(21)17-13-4-3-12(16-8-13)7-14(19)20/h3-4,8,10-11H,5-7,9H2,1-2H3,(H,17,21)(H,19,20). The van der Waals surface area contributed by atoms with E-state index in [2.05, 4.69) is 24.1 Å². The van der Waals surface area contributed by atoms with E-state index in [1.807, 2.05) is 4.90 Å². The molecule has 6 nitrogen and oxygen atoms in total. The van der Waals surface area contributed by atoms with E-state index in [0.717, 1.165) is 19.5 Å². The molecule has 1 aliphatic heterocycles. The summed E-state index contributed by atoms with van der Waals surface area (Å²) in [5.41, 5.74) is 1.06. The monoisotopic (exact) mass is 291 g/mol. The lowest BCUT2D eigenvalue weighted by Crippen LogP contribution is -2.44. The number of carboxylic acid groups (broad SMARTS) is 1. The van der Waals surface area contributed by atoms with Crippen LogP contribution >= 0.6 is 0 Å². The lowest BCUT2D eigenvalue weighted by Gasteiger charge is -2.35. The first kappa shape index (κ1) is 15.3. The first-order valence-corrected chi connectivity index (χ1v) is 7.18. The van der Waals surface area contributed by atoms with Crippen LogP contribution in [-0.2, 0) is 11.2 Å². The van der Waals surface area contributed by atoms with E-state index in [0.29, 0.717) is 23.2 Å². The lowest BCUT2D eigenvalue weighted by molar-refractivity contribution is -0.136. The summed E-state index contributed by atoms with van der Waals surface area (Å²) in [7, 11) is 0. The van der Waals surface area contributed by atoms with Crippen LogP contribution in [0.25, 0.3) is 0 Å². The molecule has 0 aromatic carbocycles. The van der Waals surface area contributed by atoms with Crippen molar-refractivity contribution in [1.29, 1.82) is 0 Å². The fourth-order valence-electron chi connectivity index (χ4n) is 2.41. The highest BCUT2D eigenvalue weighted by molar-refractivity contribution is 5.89. The minimum Gasteiger partial charge on any atom is -0.481 e. The summed E-state index contributed by atoms with van der Waals surface area (Å²) in [6.45, 7) is 5.90. The fourth-order valence-corrected chi connectivity index (χ4v) is 2.41. The number of carbonyl (C=O) groups is 2. The van der Waals surface area contributed by atoms with Gasteiger partial charge in [-0.2, -0.15) is 0 Å². The van der Waals surface area contributed by atoms with Gasteiger partial charge in [-0.3, -0.25) is 9.78 Å². The number of hydrogen-bond acceptors (Lipinski definition) is 3. The second kappa shape index (κ2) is 6.56. The molecule has 2 N–H and O–H groups in total. The summed E-state index contributed by atoms with van der Waals surface area (Å²) >= 11 is 0. The van der Waals surface area contributed by atoms with Crippen molar-refractivity contribution < 1.29 is 14.7 Å². The Balaban J connectivity index is 1.92. The number of amides is 2. The topological polar surface area (TPSA) is 82.5 Å². The Hall–Kier alpha value is -2.11. The van der Waals surface area contributed by atoms with Crippen molar-refractivity contribution in [3.63, 3.8) is 0 Å². The smallest absolute Gasteiger partial charge is 0.321 e. The van der Waals surface area contributed by atoms with E-state index in [9.17, 15) is 9.59 Å². The number of urea groups is 1. The van der Waals surface area contributed by atoms with Crippen LogP contribution in [0.5, 0.6) is 0 Å². The van der Waals surface area contributed by atoms with Gasteiger partial charge in [0.1, 0.15) is 0 Å². The van der Waals surface area contributed by atoms with Gasteiger partial charge in [0.2, 0.25) is 0 Å². The molecule has 2 amide bonds. The van der Waals surface area contributed by atoms with Crippen LogP contribution in [0.4, 0.5) is 10.5 Å². The third-order valence-electron chi connectivity index (χ3n) is 4.03. The molecule has 2 rings (SSSR count). The van der Waals surface area contributed by atoms with Gasteiger partial charge >= 0.3 is 12.0 Å². The molecule has 0 bridgehead atoms. The second-order valence-electron chi connectivity index (χ2n) is 5.73. The summed E-state index contributed by atoms with van der Waals surface area (Å²) in [5, 5.41) is 11.5. The largest absolute Gasteiger partial charge is 0.481 e. The van der Waals surface area contributed by atoms with Crippen molar-refractivity contribution in [2.24, 2.45) is 11.8 Å². The highest BCUT2D eigenvalue weighted by Crippen LogP contribution is 2.22. The number of carbonyl (C=O) groups excluding carboxylic acids is 1. The number of nitrogens with one attached hydrogen (secondary N) is 1. The molecule has 2 unspecified atom stereocenters. The van der Waals surface area contributed by atoms with Gasteiger partial charge in [-0.25, -0.2) is 4.79 Å². The van der Waals surface area contributed by atoms with E-state index < -0.39 is 5.97 Å². The van der Waals surface area contributed by atoms with Crippen LogP contribution < -0.4 is 5.32 Å². The first-order chi connectivity index (χ1) is 9.95. The number of hydrogen-bond donors (Lipinski definition) is 2. The fraction of sp³-hybridized carbons (Fsp3) is 0.533. The molecule has 114 valence electrons. The van der Waals surface area contributed by atoms with Crippen LogP contribution in [0.15, 0.2) is 18.3 Å². The van der Waals surface area contributed by atoms with Gasteiger partial charge in [0.15, 0.2) is 0 Å². The van der Waals surface area contributed by atoms with Crippen molar-refractivity contribution in [2.75, 3.05) is 18.4 Å². The number of carboxylic acids is 1. The first-order valence-electron chi connectivity index (χ1n) is 7.18. The summed E-state index contributed by atoms with van der Waals surface area (Å²) in [5.74, 6) is 0.224. The number of aromatic nitrogens is 1. The van der Waals surface area contributed by atoms with Gasteiger partial charge in [-0.15, -0.1) is 0 Å². The summed E-state index contributed by atoms with van der Waals surface area (Å²) in [6.07, 6.45) is 2.40. The van der Waals surface area contributed by atoms with E-state index in [-0.39, 0.29) is 12.5 Å². The highest BCUT2D eigenvalue weighted by atomic mass is 16.4. The van der Waals surface area contributed by atoms with Crippen LogP contribution in [-0.4, -0.2) is 40.1 Å². The molecule has 1 aromatic heterocycles. The predicted molar refractivity (Wildman–Crippen MR) is 79.1 cm³/mol. The zero-order valence-electron chi connectivity index (χ0n) is 12.4. The van der Waals surface area contributed by atoms with Gasteiger partial charge in [0.05, 0.1) is 24.0 Å². The number of piperidine rings is 1. The second-order valence-corrected chi connectivity index (χ2v) is 5.73. The maximum absolute atomic E-state index is 12.2. The number of anilines is 1. The molecule has 1 aliphatic rings. The third kappa shape index (κ3) is 4.18. The SMILES string of the molecule is CC1CCN(C(=O)Nc2ccc(CC(=O)O)nc2)CC1C. The Morgan fingerprint density at radius 2 is 2.14 bits per heavy atom. The van der Waals surface area contributed by atoms with Crippen molar-refractivity contribution in [1.82, 2.24) is 9.88 Å². The number of aliphatic carboxylic acids is 1. The van der Waals surface area contributed by atoms with Gasteiger partial charge < -0.3 is 15.3 Å². The number of pyridine rings is 1. The van der Waals surface area contributed by atoms with Crippen LogP contribution in [0.3, 0.4) is 0 Å². The molecule has 0 spiro atoms. The molecule has 2 atom stereocenters. The zero-order valence-corrected chi connectivity index (χ0v) is 12.4. The number of likely N-dealkylation sites (tertiary alicyclic amines) is 1. The number of nitrogens with zero attached hydrogens (tertiary/aromatic N) is 2. The Kier molecular flexibility index (Phi) is 4.77. The van der Waals surface area contributed by atoms with Crippen molar-refractivity contribution in [3.8, 4) is 0 Å². The van der Waals surface area contributed by atoms with Crippen LogP contribution in [0.2, 0.25) is 0 Å². The molecule has 1 aromatic rings. The molecule has 0 aliphatic carbocycles. The summed E-state index contributed by atoms with van der Waals surface area (Å²) < 4.78 is 0. The van der Waals surface area contributed by atoms with E-state index in [1.54, 1.807) is 12.1 Å². The Morgan fingerprint density at radius 3 is 2.71 bits per heavy atom. The average molecular weight is 291 g/mol. The van der Waals surface area contributed by atoms with E-state index >= 15 is 0 Å². The quantitative estimate of drug-likeness (QED) is 0.894. The van der Waals surface area contributed by atoms with E-state index in [4.69, 9.17) is 5.11 Å². The molecule has 0 radical (unpaired) electrons. The minimum atomic E-state index is -0.921. The Morgan fingerprint density at radius 1 is 1.38 bits per heavy atom. The Labute approximate surface area is 124 Å². The van der Waals surface area contributed by atoms with Gasteiger partial charge in [0.25, 0.3) is 0 Å². The van der Waals surface area contributed by atoms with Crippen molar-refractivity contribution in [3.05, 3.63) is 24.0 Å². The molecular formula is C15H21N3O3. The lowest BCUT2D eigenvalue weighted by atomic mass is 9.89. The maximum atomic E-state index is 12.2. The van der Waals surface area contributed by atoms with Crippen LogP contribution in [0, 0.1) is 11.8 Å². The van der Waals surface area contributed by atoms with Gasteiger partial charge in [-0.05, 0) is 30.4 Å². The normalized spacial score (nSPS) is 21.9. The maximum Gasteiger partial charge on any atom is 0.321 e. The highest BCUT2D eigenvalue weighted by Gasteiger charge is 2.25. The summed E-state index contributed by atoms with van der Waals surface area (Å²) in [6, 6.07) is 3.17. The minimum absolute atomic E-state index is 0.115. The third-order valence-corrected chi connectivity index (χ3v) is 4.03. The molecule has 0 saturated carbocycles. The molecule has 6 heteroatoms. The Bertz CT molecular complexity index is 515. The van der Waals surface area contributed by atoms with Crippen LogP contribution in [0.1, 0.15) is 26.0 Å². The molecule has 1 fully saturated rings. The molecule has 1 saturated heterocycles.